The maximum atomic E-state index is 13.6. The number of carbonyl (C=O) groups excluding carboxylic acids is 2. The van der Waals surface area contributed by atoms with Gasteiger partial charge in [-0.1, -0.05) is 35.3 Å². The summed E-state index contributed by atoms with van der Waals surface area (Å²) in [6, 6.07) is 12.5. The average Bonchev–Trinajstić information content (AvgIpc) is 3.53. The number of urea groups is 1. The van der Waals surface area contributed by atoms with Crippen molar-refractivity contribution in [2.24, 2.45) is 0 Å². The van der Waals surface area contributed by atoms with Crippen molar-refractivity contribution in [2.75, 3.05) is 25.0 Å². The topological polar surface area (TPSA) is 61.9 Å². The second-order valence-electron chi connectivity index (χ2n) is 8.98. The van der Waals surface area contributed by atoms with Crippen LogP contribution >= 0.6 is 34.5 Å². The number of nitrogens with one attached hydrogen (secondary N) is 1. The van der Waals surface area contributed by atoms with Crippen LogP contribution in [0.15, 0.2) is 53.9 Å². The van der Waals surface area contributed by atoms with Gasteiger partial charge in [-0.05, 0) is 72.7 Å². The van der Waals surface area contributed by atoms with Crippen molar-refractivity contribution in [3.05, 3.63) is 85.8 Å². The van der Waals surface area contributed by atoms with Gasteiger partial charge in [0.25, 0.3) is 0 Å². The normalized spacial score (nSPS) is 15.0. The van der Waals surface area contributed by atoms with Gasteiger partial charge in [0, 0.05) is 30.3 Å². The number of nitrogens with zero attached hydrogens (tertiary/aromatic N) is 2. The largest absolute Gasteiger partial charge is 0.376 e. The second kappa shape index (κ2) is 12.7. The van der Waals surface area contributed by atoms with Gasteiger partial charge in [-0.15, -0.1) is 11.3 Å². The Morgan fingerprint density at radius 1 is 1.08 bits per heavy atom. The molecule has 4 rings (SSSR count). The summed E-state index contributed by atoms with van der Waals surface area (Å²) in [5, 5.41) is 5.50. The number of anilines is 1. The van der Waals surface area contributed by atoms with Crippen LogP contribution in [0.1, 0.15) is 28.8 Å². The minimum absolute atomic E-state index is 0.140. The third-order valence-corrected chi connectivity index (χ3v) is 7.92. The monoisotopic (exact) mass is 563 g/mol. The van der Waals surface area contributed by atoms with Crippen molar-refractivity contribution in [1.82, 2.24) is 9.80 Å². The van der Waals surface area contributed by atoms with Crippen LogP contribution in [0.2, 0.25) is 10.0 Å². The highest BCUT2D eigenvalue weighted by Crippen LogP contribution is 2.26. The molecule has 37 heavy (non-hydrogen) atoms. The van der Waals surface area contributed by atoms with E-state index < -0.39 is 6.03 Å². The predicted molar refractivity (Wildman–Crippen MR) is 146 cm³/mol. The van der Waals surface area contributed by atoms with Gasteiger partial charge in [-0.3, -0.25) is 4.79 Å². The van der Waals surface area contributed by atoms with Crippen molar-refractivity contribution in [2.45, 2.75) is 39.0 Å². The Bertz CT molecular complexity index is 1230. The standard InChI is InChI=1S/C27H28Cl2FN3O3S/c1-18-10-12-37-25(18)16-32(14-19-4-6-20(30)7-5-19)26(34)17-33(15-22-3-2-11-36-22)27(35)31-21-8-9-23(28)24(29)13-21/h4-10,12-13,22H,2-3,11,14-17H2,1H3,(H,31,35)/t22-/m0/s1. The van der Waals surface area contributed by atoms with Crippen LogP contribution < -0.4 is 5.32 Å². The molecule has 1 aromatic heterocycles. The fourth-order valence-electron chi connectivity index (χ4n) is 4.07. The number of hydrogen-bond acceptors (Lipinski definition) is 4. The maximum absolute atomic E-state index is 13.6. The highest BCUT2D eigenvalue weighted by molar-refractivity contribution is 7.10. The van der Waals surface area contributed by atoms with Gasteiger partial charge in [-0.2, -0.15) is 0 Å². The molecule has 1 atom stereocenters. The summed E-state index contributed by atoms with van der Waals surface area (Å²) in [5.74, 6) is -0.558. The Kier molecular flexibility index (Phi) is 9.43. The molecule has 1 N–H and O–H groups in total. The fourth-order valence-corrected chi connectivity index (χ4v) is 5.29. The number of hydrogen-bond donors (Lipinski definition) is 1. The summed E-state index contributed by atoms with van der Waals surface area (Å²) < 4.78 is 19.2. The van der Waals surface area contributed by atoms with Gasteiger partial charge >= 0.3 is 6.03 Å². The van der Waals surface area contributed by atoms with Crippen molar-refractivity contribution >= 4 is 52.2 Å². The van der Waals surface area contributed by atoms with Gasteiger partial charge < -0.3 is 19.9 Å². The third-order valence-electron chi connectivity index (χ3n) is 6.17. The van der Waals surface area contributed by atoms with Crippen LogP contribution in [0.25, 0.3) is 0 Å². The molecule has 1 aliphatic heterocycles. The smallest absolute Gasteiger partial charge is 0.322 e. The second-order valence-corrected chi connectivity index (χ2v) is 10.8. The van der Waals surface area contributed by atoms with Crippen LogP contribution in [-0.4, -0.2) is 47.5 Å². The molecule has 2 aromatic carbocycles. The zero-order chi connectivity index (χ0) is 26.4. The zero-order valence-electron chi connectivity index (χ0n) is 20.4. The first kappa shape index (κ1) is 27.4. The minimum Gasteiger partial charge on any atom is -0.376 e. The molecule has 0 spiro atoms. The number of amides is 3. The summed E-state index contributed by atoms with van der Waals surface area (Å²) in [6.07, 6.45) is 1.59. The zero-order valence-corrected chi connectivity index (χ0v) is 22.7. The van der Waals surface area contributed by atoms with E-state index in [2.05, 4.69) is 5.32 Å². The number of benzene rings is 2. The summed E-state index contributed by atoms with van der Waals surface area (Å²) in [4.78, 5) is 31.2. The quantitative estimate of drug-likeness (QED) is 0.313. The molecule has 3 amide bonds. The fraction of sp³-hybridized carbons (Fsp3) is 0.333. The molecular formula is C27H28Cl2FN3O3S. The highest BCUT2D eigenvalue weighted by atomic mass is 35.5. The Morgan fingerprint density at radius 2 is 1.86 bits per heavy atom. The van der Waals surface area contributed by atoms with E-state index >= 15 is 0 Å². The van der Waals surface area contributed by atoms with E-state index in [9.17, 15) is 14.0 Å². The average molecular weight is 565 g/mol. The van der Waals surface area contributed by atoms with Gasteiger partial charge in [0.15, 0.2) is 0 Å². The van der Waals surface area contributed by atoms with E-state index in [1.165, 1.54) is 17.0 Å². The molecule has 0 radical (unpaired) electrons. The summed E-state index contributed by atoms with van der Waals surface area (Å²) in [5.41, 5.74) is 2.37. The summed E-state index contributed by atoms with van der Waals surface area (Å²) >= 11 is 13.7. The van der Waals surface area contributed by atoms with Crippen LogP contribution in [0.3, 0.4) is 0 Å². The molecule has 0 saturated carbocycles. The molecule has 10 heteroatoms. The van der Waals surface area contributed by atoms with Crippen LogP contribution in [0.4, 0.5) is 14.9 Å². The maximum Gasteiger partial charge on any atom is 0.322 e. The van der Waals surface area contributed by atoms with Crippen molar-refractivity contribution in [3.63, 3.8) is 0 Å². The van der Waals surface area contributed by atoms with Gasteiger partial charge in [0.05, 0.1) is 22.7 Å². The van der Waals surface area contributed by atoms with Gasteiger partial charge in [-0.25, -0.2) is 9.18 Å². The van der Waals surface area contributed by atoms with E-state index in [4.69, 9.17) is 27.9 Å². The van der Waals surface area contributed by atoms with Crippen LogP contribution in [0, 0.1) is 12.7 Å². The van der Waals surface area contributed by atoms with Crippen LogP contribution in [0.5, 0.6) is 0 Å². The SMILES string of the molecule is Cc1ccsc1CN(Cc1ccc(F)cc1)C(=O)CN(C[C@@H]1CCCO1)C(=O)Nc1ccc(Cl)c(Cl)c1. The molecule has 6 nitrogen and oxygen atoms in total. The Hall–Kier alpha value is -2.65. The Balaban J connectivity index is 1.53. The Labute approximate surface area is 229 Å². The molecule has 0 unspecified atom stereocenters. The number of ether oxygens (including phenoxy) is 1. The molecule has 2 heterocycles. The first-order valence-electron chi connectivity index (χ1n) is 12.0. The molecule has 1 saturated heterocycles. The van der Waals surface area contributed by atoms with Crippen molar-refractivity contribution < 1.29 is 18.7 Å². The lowest BCUT2D eigenvalue weighted by molar-refractivity contribution is -0.133. The first-order valence-corrected chi connectivity index (χ1v) is 13.6. The number of halogens is 3. The van der Waals surface area contributed by atoms with E-state index in [0.717, 1.165) is 28.8 Å². The number of carbonyl (C=O) groups is 2. The molecule has 0 bridgehead atoms. The molecular weight excluding hydrogens is 536 g/mol. The minimum atomic E-state index is -0.434. The van der Waals surface area contributed by atoms with E-state index in [-0.39, 0.29) is 30.9 Å². The molecule has 1 fully saturated rings. The lowest BCUT2D eigenvalue weighted by Crippen LogP contribution is -2.46. The van der Waals surface area contributed by atoms with Gasteiger partial charge in [0.1, 0.15) is 12.4 Å². The Morgan fingerprint density at radius 3 is 2.51 bits per heavy atom. The molecule has 0 aliphatic carbocycles. The highest BCUT2D eigenvalue weighted by Gasteiger charge is 2.27. The lowest BCUT2D eigenvalue weighted by Gasteiger charge is -2.29. The predicted octanol–water partition coefficient (Wildman–Crippen LogP) is 6.74. The molecule has 196 valence electrons. The number of thiophene rings is 1. The molecule has 1 aliphatic rings. The van der Waals surface area contributed by atoms with Crippen molar-refractivity contribution in [3.8, 4) is 0 Å². The molecule has 3 aromatic rings. The third kappa shape index (κ3) is 7.68. The first-order chi connectivity index (χ1) is 17.8. The van der Waals surface area contributed by atoms with Crippen molar-refractivity contribution in [1.29, 1.82) is 0 Å². The van der Waals surface area contributed by atoms with E-state index in [0.29, 0.717) is 35.4 Å². The summed E-state index contributed by atoms with van der Waals surface area (Å²) in [7, 11) is 0. The number of rotatable bonds is 9. The van der Waals surface area contributed by atoms with E-state index in [1.54, 1.807) is 46.6 Å². The summed E-state index contributed by atoms with van der Waals surface area (Å²) in [6.45, 7) is 3.45. The van der Waals surface area contributed by atoms with E-state index in [1.807, 2.05) is 18.4 Å². The lowest BCUT2D eigenvalue weighted by atomic mass is 10.2. The number of aryl methyl sites for hydroxylation is 1. The van der Waals surface area contributed by atoms with Gasteiger partial charge in [0.2, 0.25) is 5.91 Å². The van der Waals surface area contributed by atoms with Crippen LogP contribution in [-0.2, 0) is 22.6 Å².